The zero-order chi connectivity index (χ0) is 22.6. The van der Waals surface area contributed by atoms with Crippen LogP contribution in [0.15, 0.2) is 30.3 Å². The van der Waals surface area contributed by atoms with Gasteiger partial charge in [0.05, 0.1) is 12.7 Å². The van der Waals surface area contributed by atoms with E-state index >= 15 is 0 Å². The number of carboxylic acids is 1. The van der Waals surface area contributed by atoms with Crippen LogP contribution in [0.3, 0.4) is 0 Å². The number of aromatic nitrogens is 2. The van der Waals surface area contributed by atoms with Crippen LogP contribution in [0.1, 0.15) is 15.4 Å². The molecule has 1 aromatic heterocycles. The fourth-order valence-corrected chi connectivity index (χ4v) is 4.12. The molecule has 2 aliphatic rings. The van der Waals surface area contributed by atoms with Crippen LogP contribution in [0.25, 0.3) is 0 Å². The number of halogens is 3. The number of carboxylic acid groups (broad SMARTS) is 1. The summed E-state index contributed by atoms with van der Waals surface area (Å²) in [6.45, 7) is 5.62. The van der Waals surface area contributed by atoms with Crippen molar-refractivity contribution in [1.82, 2.24) is 15.1 Å². The minimum absolute atomic E-state index is 0.0880. The normalized spacial score (nSPS) is 21.0. The van der Waals surface area contributed by atoms with Crippen molar-refractivity contribution >= 4 is 28.3 Å². The monoisotopic (exact) mass is 458 g/mol. The van der Waals surface area contributed by atoms with Crippen molar-refractivity contribution in [2.75, 3.05) is 37.7 Å². The number of amides is 1. The topological polar surface area (TPSA) is 95.9 Å². The van der Waals surface area contributed by atoms with Crippen LogP contribution in [-0.4, -0.2) is 77.1 Å². The summed E-state index contributed by atoms with van der Waals surface area (Å²) in [4.78, 5) is 25.8. The first-order valence-electron chi connectivity index (χ1n) is 9.46. The summed E-state index contributed by atoms with van der Waals surface area (Å²) >= 11 is 1.61. The Balaban J connectivity index is 0.000000339. The molecule has 168 valence electrons. The van der Waals surface area contributed by atoms with Crippen LogP contribution in [0.5, 0.6) is 0 Å². The molecule has 1 amide bonds. The molecule has 0 radical (unpaired) electrons. The van der Waals surface area contributed by atoms with Crippen LogP contribution >= 0.6 is 11.3 Å². The number of anilines is 1. The molecule has 0 spiro atoms. The second kappa shape index (κ2) is 9.60. The molecule has 1 aromatic carbocycles. The molecule has 2 atom stereocenters. The first kappa shape index (κ1) is 22.9. The molecule has 0 unspecified atom stereocenters. The predicted molar refractivity (Wildman–Crippen MR) is 106 cm³/mol. The highest BCUT2D eigenvalue weighted by Gasteiger charge is 2.39. The molecule has 3 heterocycles. The van der Waals surface area contributed by atoms with Gasteiger partial charge in [-0.15, -0.1) is 10.2 Å². The van der Waals surface area contributed by atoms with Gasteiger partial charge >= 0.3 is 12.1 Å². The lowest BCUT2D eigenvalue weighted by Gasteiger charge is -2.23. The molecule has 31 heavy (non-hydrogen) atoms. The van der Waals surface area contributed by atoms with Gasteiger partial charge in [-0.1, -0.05) is 29.5 Å². The Hall–Kier alpha value is -2.73. The molecule has 2 aliphatic heterocycles. The lowest BCUT2D eigenvalue weighted by Crippen LogP contribution is -2.37. The van der Waals surface area contributed by atoms with Gasteiger partial charge in [-0.05, 0) is 19.1 Å². The third-order valence-corrected chi connectivity index (χ3v) is 5.76. The number of benzene rings is 1. The summed E-state index contributed by atoms with van der Waals surface area (Å²) in [5.74, 6) is -2.36. The Morgan fingerprint density at radius 2 is 1.84 bits per heavy atom. The lowest BCUT2D eigenvalue weighted by molar-refractivity contribution is -0.192. The summed E-state index contributed by atoms with van der Waals surface area (Å²) in [7, 11) is 0. The van der Waals surface area contributed by atoms with Crippen LogP contribution in [0, 0.1) is 12.8 Å². The first-order valence-corrected chi connectivity index (χ1v) is 10.3. The highest BCUT2D eigenvalue weighted by molar-refractivity contribution is 7.15. The van der Waals surface area contributed by atoms with Gasteiger partial charge in [-0.2, -0.15) is 13.2 Å². The van der Waals surface area contributed by atoms with Crippen LogP contribution in [0.4, 0.5) is 18.3 Å². The number of aliphatic carboxylic acids is 1. The number of hydrogen-bond acceptors (Lipinski definition) is 7. The van der Waals surface area contributed by atoms with Crippen molar-refractivity contribution in [2.45, 2.75) is 19.2 Å². The average Bonchev–Trinajstić information content (AvgIpc) is 3.28. The van der Waals surface area contributed by atoms with Gasteiger partial charge in [0.1, 0.15) is 5.01 Å². The van der Waals surface area contributed by atoms with Gasteiger partial charge in [-0.3, -0.25) is 4.79 Å². The first-order chi connectivity index (χ1) is 14.6. The second-order valence-corrected chi connectivity index (χ2v) is 8.26. The van der Waals surface area contributed by atoms with E-state index in [1.165, 1.54) is 0 Å². The molecule has 4 rings (SSSR count). The zero-order valence-corrected chi connectivity index (χ0v) is 17.4. The Labute approximate surface area is 180 Å². The molecule has 1 N–H and O–H groups in total. The summed E-state index contributed by atoms with van der Waals surface area (Å²) in [5.41, 5.74) is 0.741. The number of alkyl halides is 3. The zero-order valence-electron chi connectivity index (χ0n) is 16.6. The molecule has 0 bridgehead atoms. The molecule has 2 aromatic rings. The molecule has 0 aliphatic carbocycles. The second-order valence-electron chi connectivity index (χ2n) is 7.10. The maximum Gasteiger partial charge on any atom is 0.490 e. The molecular weight excluding hydrogens is 437 g/mol. The summed E-state index contributed by atoms with van der Waals surface area (Å²) < 4.78 is 37.8. The quantitative estimate of drug-likeness (QED) is 0.739. The number of ether oxygens (including phenoxy) is 1. The molecule has 12 heteroatoms. The predicted octanol–water partition coefficient (Wildman–Crippen LogP) is 2.46. The van der Waals surface area contributed by atoms with Gasteiger partial charge in [-0.25, -0.2) is 4.79 Å². The summed E-state index contributed by atoms with van der Waals surface area (Å²) in [5, 5.41) is 17.4. The van der Waals surface area contributed by atoms with E-state index in [9.17, 15) is 18.0 Å². The third-order valence-electron chi connectivity index (χ3n) is 4.87. The van der Waals surface area contributed by atoms with Crippen molar-refractivity contribution in [3.63, 3.8) is 0 Å². The fraction of sp³-hybridized carbons (Fsp3) is 0.474. The summed E-state index contributed by atoms with van der Waals surface area (Å²) in [6, 6.07) is 9.48. The van der Waals surface area contributed by atoms with Gasteiger partial charge in [0, 0.05) is 37.7 Å². The van der Waals surface area contributed by atoms with Crippen molar-refractivity contribution < 1.29 is 32.6 Å². The lowest BCUT2D eigenvalue weighted by atomic mass is 10.1. The Morgan fingerprint density at radius 1 is 1.16 bits per heavy atom. The van der Waals surface area contributed by atoms with Gasteiger partial charge in [0.25, 0.3) is 5.91 Å². The van der Waals surface area contributed by atoms with E-state index in [0.29, 0.717) is 19.1 Å². The maximum absolute atomic E-state index is 12.7. The van der Waals surface area contributed by atoms with Crippen LogP contribution in [-0.2, 0) is 9.53 Å². The number of fused-ring (bicyclic) bond motifs is 1. The van der Waals surface area contributed by atoms with Gasteiger partial charge in [0.15, 0.2) is 0 Å². The number of carbonyl (C=O) groups excluding carboxylic acids is 1. The van der Waals surface area contributed by atoms with Crippen molar-refractivity contribution in [2.24, 2.45) is 5.92 Å². The standard InChI is InChI=1S/C17H20N4O2S.C2HF3O2/c1-12-18-19-17(24-12)21-10-14-9-20(7-8-23-15(14)11-21)16(22)13-5-3-2-4-6-13;3-2(4,5)1(6)7/h2-6,14-15H,7-11H2,1H3;(H,6,7)/t14-,15+;/m0./s1. The van der Waals surface area contributed by atoms with E-state index in [2.05, 4.69) is 15.1 Å². The third kappa shape index (κ3) is 5.91. The minimum atomic E-state index is -5.08. The summed E-state index contributed by atoms with van der Waals surface area (Å²) in [6.07, 6.45) is -4.93. The Bertz CT molecular complexity index is 909. The fourth-order valence-electron chi connectivity index (χ4n) is 3.41. The number of hydrogen-bond donors (Lipinski definition) is 1. The van der Waals surface area contributed by atoms with Crippen molar-refractivity contribution in [1.29, 1.82) is 0 Å². The smallest absolute Gasteiger partial charge is 0.475 e. The largest absolute Gasteiger partial charge is 0.490 e. The van der Waals surface area contributed by atoms with Gasteiger partial charge < -0.3 is 19.6 Å². The number of rotatable bonds is 2. The molecule has 8 nitrogen and oxygen atoms in total. The van der Waals surface area contributed by atoms with E-state index in [1.807, 2.05) is 42.2 Å². The maximum atomic E-state index is 12.7. The minimum Gasteiger partial charge on any atom is -0.475 e. The highest BCUT2D eigenvalue weighted by atomic mass is 32.1. The Morgan fingerprint density at radius 3 is 2.42 bits per heavy atom. The highest BCUT2D eigenvalue weighted by Crippen LogP contribution is 2.30. The number of nitrogens with zero attached hydrogens (tertiary/aromatic N) is 4. The Kier molecular flexibility index (Phi) is 7.11. The van der Waals surface area contributed by atoms with E-state index in [1.54, 1.807) is 11.3 Å². The van der Waals surface area contributed by atoms with E-state index < -0.39 is 12.1 Å². The van der Waals surface area contributed by atoms with Crippen molar-refractivity contribution in [3.05, 3.63) is 40.9 Å². The van der Waals surface area contributed by atoms with E-state index in [0.717, 1.165) is 35.3 Å². The molecule has 2 fully saturated rings. The number of carbonyl (C=O) groups is 2. The number of aryl methyl sites for hydroxylation is 1. The van der Waals surface area contributed by atoms with Gasteiger partial charge in [0.2, 0.25) is 5.13 Å². The molecule has 0 saturated carbocycles. The SMILES string of the molecule is Cc1nnc(N2C[C@@H]3CN(C(=O)c4ccccc4)CCO[C@@H]3C2)s1.O=C(O)C(F)(F)F. The molecule has 2 saturated heterocycles. The average molecular weight is 458 g/mol. The van der Waals surface area contributed by atoms with Crippen molar-refractivity contribution in [3.8, 4) is 0 Å². The molecular formula is C19H21F3N4O4S. The van der Waals surface area contributed by atoms with Crippen LogP contribution < -0.4 is 4.90 Å². The van der Waals surface area contributed by atoms with E-state index in [-0.39, 0.29) is 12.0 Å². The van der Waals surface area contributed by atoms with Crippen LogP contribution in [0.2, 0.25) is 0 Å². The van der Waals surface area contributed by atoms with E-state index in [4.69, 9.17) is 14.6 Å².